The Morgan fingerprint density at radius 1 is 1.60 bits per heavy atom. The van der Waals surface area contributed by atoms with E-state index in [1.54, 1.807) is 16.4 Å². The van der Waals surface area contributed by atoms with Crippen LogP contribution in [0.2, 0.25) is 5.02 Å². The first-order chi connectivity index (χ1) is 7.11. The highest BCUT2D eigenvalue weighted by atomic mass is 35.5. The topological polar surface area (TPSA) is 56.7 Å². The summed E-state index contributed by atoms with van der Waals surface area (Å²) in [6.45, 7) is 1.94. The first kappa shape index (κ1) is 10.6. The van der Waals surface area contributed by atoms with Crippen LogP contribution >= 0.6 is 22.9 Å². The summed E-state index contributed by atoms with van der Waals surface area (Å²) in [5, 5.41) is 4.66. The molecule has 15 heavy (non-hydrogen) atoms. The molecular formula is C9H11ClN4S. The Morgan fingerprint density at radius 2 is 2.33 bits per heavy atom. The lowest BCUT2D eigenvalue weighted by Gasteiger charge is -2.11. The van der Waals surface area contributed by atoms with E-state index >= 15 is 0 Å². The minimum absolute atomic E-state index is 0.252. The molecule has 0 aliphatic carbocycles. The van der Waals surface area contributed by atoms with Crippen LogP contribution in [0.5, 0.6) is 0 Å². The van der Waals surface area contributed by atoms with Crippen molar-refractivity contribution < 1.29 is 0 Å². The van der Waals surface area contributed by atoms with Crippen molar-refractivity contribution in [1.82, 2.24) is 14.8 Å². The summed E-state index contributed by atoms with van der Waals surface area (Å²) < 4.78 is 1.70. The maximum atomic E-state index is 6.13. The first-order valence-corrected chi connectivity index (χ1v) is 5.70. The van der Waals surface area contributed by atoms with Crippen LogP contribution in [-0.4, -0.2) is 14.8 Å². The van der Waals surface area contributed by atoms with Gasteiger partial charge in [-0.2, -0.15) is 5.10 Å². The molecule has 0 aliphatic heterocycles. The Kier molecular flexibility index (Phi) is 2.77. The number of nitrogens with zero attached hydrogens (tertiary/aromatic N) is 3. The second kappa shape index (κ2) is 3.92. The molecule has 0 amide bonds. The van der Waals surface area contributed by atoms with Gasteiger partial charge in [-0.25, -0.2) is 4.98 Å². The quantitative estimate of drug-likeness (QED) is 0.875. The summed E-state index contributed by atoms with van der Waals surface area (Å²) in [4.78, 5) is 5.20. The van der Waals surface area contributed by atoms with Gasteiger partial charge in [0.05, 0.1) is 39.0 Å². The number of hydrogen-bond acceptors (Lipinski definition) is 4. The Hall–Kier alpha value is -0.910. The van der Waals surface area contributed by atoms with E-state index in [-0.39, 0.29) is 6.04 Å². The van der Waals surface area contributed by atoms with E-state index in [1.165, 1.54) is 11.3 Å². The molecule has 0 saturated heterocycles. The van der Waals surface area contributed by atoms with E-state index in [9.17, 15) is 0 Å². The largest absolute Gasteiger partial charge is 0.318 e. The van der Waals surface area contributed by atoms with Crippen LogP contribution in [0.25, 0.3) is 0 Å². The van der Waals surface area contributed by atoms with Crippen LogP contribution in [0, 0.1) is 6.92 Å². The number of hydrogen-bond donors (Lipinski definition) is 1. The van der Waals surface area contributed by atoms with Gasteiger partial charge in [0.15, 0.2) is 0 Å². The lowest BCUT2D eigenvalue weighted by atomic mass is 10.1. The van der Waals surface area contributed by atoms with Crippen LogP contribution in [0.1, 0.15) is 22.3 Å². The number of rotatable bonds is 2. The SMILES string of the molecule is Cc1ncsc1C(N)c1c(Cl)cnn1C. The van der Waals surface area contributed by atoms with Crippen LogP contribution in [0.3, 0.4) is 0 Å². The summed E-state index contributed by atoms with van der Waals surface area (Å²) in [7, 11) is 1.83. The number of aromatic nitrogens is 3. The van der Waals surface area contributed by atoms with Gasteiger partial charge in [0.1, 0.15) is 0 Å². The predicted octanol–water partition coefficient (Wildman–Crippen LogP) is 1.89. The van der Waals surface area contributed by atoms with Crippen molar-refractivity contribution in [1.29, 1.82) is 0 Å². The van der Waals surface area contributed by atoms with Crippen molar-refractivity contribution in [2.24, 2.45) is 12.8 Å². The summed E-state index contributed by atoms with van der Waals surface area (Å²) in [6.07, 6.45) is 1.60. The zero-order chi connectivity index (χ0) is 11.0. The van der Waals surface area contributed by atoms with Gasteiger partial charge in [-0.05, 0) is 6.92 Å². The predicted molar refractivity (Wildman–Crippen MR) is 61.1 cm³/mol. The van der Waals surface area contributed by atoms with Gasteiger partial charge in [-0.15, -0.1) is 11.3 Å². The smallest absolute Gasteiger partial charge is 0.0850 e. The fourth-order valence-corrected chi connectivity index (χ4v) is 2.59. The molecule has 4 nitrogen and oxygen atoms in total. The van der Waals surface area contributed by atoms with E-state index in [1.807, 2.05) is 14.0 Å². The van der Waals surface area contributed by atoms with E-state index in [2.05, 4.69) is 10.1 Å². The summed E-state index contributed by atoms with van der Waals surface area (Å²) in [5.41, 5.74) is 9.69. The highest BCUT2D eigenvalue weighted by Crippen LogP contribution is 2.29. The molecule has 2 aromatic heterocycles. The monoisotopic (exact) mass is 242 g/mol. The molecule has 80 valence electrons. The van der Waals surface area contributed by atoms with Crippen LogP contribution < -0.4 is 5.73 Å². The molecule has 1 atom stereocenters. The average Bonchev–Trinajstić information content (AvgIpc) is 2.73. The van der Waals surface area contributed by atoms with Crippen molar-refractivity contribution in [3.63, 3.8) is 0 Å². The van der Waals surface area contributed by atoms with Crippen molar-refractivity contribution in [2.75, 3.05) is 0 Å². The molecule has 0 aliphatic rings. The molecule has 2 aromatic rings. The Labute approximate surface area is 96.7 Å². The zero-order valence-electron chi connectivity index (χ0n) is 8.44. The fraction of sp³-hybridized carbons (Fsp3) is 0.333. The van der Waals surface area contributed by atoms with E-state index in [0.717, 1.165) is 16.3 Å². The van der Waals surface area contributed by atoms with Gasteiger partial charge >= 0.3 is 0 Å². The highest BCUT2D eigenvalue weighted by Gasteiger charge is 2.20. The molecule has 2 rings (SSSR count). The first-order valence-electron chi connectivity index (χ1n) is 4.44. The van der Waals surface area contributed by atoms with Crippen molar-refractivity contribution in [3.05, 3.63) is 33.0 Å². The molecule has 0 saturated carbocycles. The van der Waals surface area contributed by atoms with Gasteiger partial charge < -0.3 is 5.73 Å². The van der Waals surface area contributed by atoms with Crippen LogP contribution in [-0.2, 0) is 7.05 Å². The van der Waals surface area contributed by atoms with Crippen molar-refractivity contribution in [3.8, 4) is 0 Å². The molecular weight excluding hydrogens is 232 g/mol. The molecule has 0 fully saturated rings. The van der Waals surface area contributed by atoms with Gasteiger partial charge in [-0.1, -0.05) is 11.6 Å². The van der Waals surface area contributed by atoms with Gasteiger partial charge in [0.2, 0.25) is 0 Å². The molecule has 0 spiro atoms. The van der Waals surface area contributed by atoms with E-state index in [0.29, 0.717) is 5.02 Å². The third-order valence-electron chi connectivity index (χ3n) is 2.30. The molecule has 2 N–H and O–H groups in total. The van der Waals surface area contributed by atoms with E-state index in [4.69, 9.17) is 17.3 Å². The molecule has 2 heterocycles. The number of nitrogens with two attached hydrogens (primary N) is 1. The molecule has 0 bridgehead atoms. The number of thiazole rings is 1. The average molecular weight is 243 g/mol. The second-order valence-corrected chi connectivity index (χ2v) is 4.57. The van der Waals surface area contributed by atoms with E-state index < -0.39 is 0 Å². The van der Waals surface area contributed by atoms with Crippen molar-refractivity contribution in [2.45, 2.75) is 13.0 Å². The standard InChI is InChI=1S/C9H11ClN4S/c1-5-9(15-4-12-5)7(11)8-6(10)3-13-14(8)2/h3-4,7H,11H2,1-2H3. The minimum Gasteiger partial charge on any atom is -0.318 e. The van der Waals surface area contributed by atoms with Crippen molar-refractivity contribution >= 4 is 22.9 Å². The number of aryl methyl sites for hydroxylation is 2. The van der Waals surface area contributed by atoms with Gasteiger partial charge in [0.25, 0.3) is 0 Å². The lowest BCUT2D eigenvalue weighted by molar-refractivity contribution is 0.676. The fourth-order valence-electron chi connectivity index (χ4n) is 1.50. The summed E-state index contributed by atoms with van der Waals surface area (Å²) in [6, 6.07) is -0.252. The van der Waals surface area contributed by atoms with Crippen LogP contribution in [0.4, 0.5) is 0 Å². The lowest BCUT2D eigenvalue weighted by Crippen LogP contribution is -2.16. The summed E-state index contributed by atoms with van der Waals surface area (Å²) in [5.74, 6) is 0. The Bertz CT molecular complexity index is 457. The molecule has 1 unspecified atom stereocenters. The highest BCUT2D eigenvalue weighted by molar-refractivity contribution is 7.09. The molecule has 0 aromatic carbocycles. The maximum absolute atomic E-state index is 6.13. The van der Waals surface area contributed by atoms with Gasteiger partial charge in [-0.3, -0.25) is 4.68 Å². The minimum atomic E-state index is -0.252. The van der Waals surface area contributed by atoms with Crippen LogP contribution in [0.15, 0.2) is 11.7 Å². The number of halogens is 1. The molecule has 6 heteroatoms. The Morgan fingerprint density at radius 3 is 2.80 bits per heavy atom. The maximum Gasteiger partial charge on any atom is 0.0850 e. The normalized spacial score (nSPS) is 13.1. The van der Waals surface area contributed by atoms with Gasteiger partial charge in [0, 0.05) is 7.05 Å². The third-order valence-corrected chi connectivity index (χ3v) is 3.60. The molecule has 0 radical (unpaired) electrons. The summed E-state index contributed by atoms with van der Waals surface area (Å²) >= 11 is 7.57. The Balaban J connectivity index is 2.45. The third kappa shape index (κ3) is 1.78. The zero-order valence-corrected chi connectivity index (χ0v) is 10.0. The second-order valence-electron chi connectivity index (χ2n) is 3.28.